The third-order valence-electron chi connectivity index (χ3n) is 9.64. The second kappa shape index (κ2) is 17.8. The summed E-state index contributed by atoms with van der Waals surface area (Å²) in [6, 6.07) is 64.6. The van der Waals surface area contributed by atoms with E-state index < -0.39 is 23.2 Å². The first-order valence-corrected chi connectivity index (χ1v) is 34.4. The maximum Gasteiger partial charge on any atom is -0.172 e. The van der Waals surface area contributed by atoms with Gasteiger partial charge in [-0.2, -0.15) is 18.2 Å². The van der Waals surface area contributed by atoms with Crippen LogP contribution in [0.2, 0.25) is 0 Å². The van der Waals surface area contributed by atoms with Crippen molar-refractivity contribution in [3.8, 4) is 22.3 Å². The summed E-state index contributed by atoms with van der Waals surface area (Å²) in [5.41, 5.74) is 7.29. The van der Waals surface area contributed by atoms with Gasteiger partial charge in [0.15, 0.2) is 0 Å². The van der Waals surface area contributed by atoms with Crippen LogP contribution in [0.5, 0.6) is 0 Å². The fraction of sp³-hybridized carbons (Fsp3) is 0.160. The molecule has 0 radical (unpaired) electrons. The van der Waals surface area contributed by atoms with E-state index in [1.807, 2.05) is 42.5 Å². The predicted molar refractivity (Wildman–Crippen MR) is 237 cm³/mol. The molecule has 0 heterocycles. The molecular weight excluding hydrogens is 878 g/mol. The summed E-state index contributed by atoms with van der Waals surface area (Å²) < 4.78 is 0. The molecule has 8 rings (SSSR count). The minimum Gasteiger partial charge on any atom is -0.214 e. The summed E-state index contributed by atoms with van der Waals surface area (Å²) in [6.07, 6.45) is 0. The van der Waals surface area contributed by atoms with Crippen molar-refractivity contribution >= 4 is 54.6 Å². The third kappa shape index (κ3) is 9.71. The van der Waals surface area contributed by atoms with Crippen LogP contribution in [0.15, 0.2) is 182 Å². The molecule has 0 bridgehead atoms. The van der Waals surface area contributed by atoms with Gasteiger partial charge in [0.2, 0.25) is 0 Å². The standard InChI is InChI=1S/C33H33.C12H10Si.C5H5.2ClH.Hf/c1-32(2,3)30-20-26-24(18-28(30)22-13-9-7-10-14-22)17-25-19-29(23-15-11-8-12-16-23)31(21-27(25)26)33(4,5)6;1-3-7-11(8-4-1)13-12-9-5-2-6-10-12;1-2-4-5-3-1;;;/h7-21H,1-6H3;1-10H;1-5H;2*1H;/q-1;;-1;;;+2/p-2. The van der Waals surface area contributed by atoms with Crippen molar-refractivity contribution in [3.05, 3.63) is 193 Å². The summed E-state index contributed by atoms with van der Waals surface area (Å²) in [4.78, 5) is 0. The van der Waals surface area contributed by atoms with Crippen molar-refractivity contribution in [2.45, 2.75) is 52.4 Å². The summed E-state index contributed by atoms with van der Waals surface area (Å²) in [6.45, 7) is 13.9. The number of hydrogen-bond donors (Lipinski definition) is 0. The van der Waals surface area contributed by atoms with Crippen LogP contribution in [0.1, 0.15) is 52.7 Å². The van der Waals surface area contributed by atoms with Gasteiger partial charge in [-0.05, 0) is 44.2 Å². The molecule has 0 N–H and O–H groups in total. The molecule has 8 aromatic rings. The van der Waals surface area contributed by atoms with Gasteiger partial charge in [-0.1, -0.05) is 114 Å². The van der Waals surface area contributed by atoms with E-state index in [9.17, 15) is 0 Å². The van der Waals surface area contributed by atoms with E-state index in [-0.39, 0.29) is 10.8 Å². The van der Waals surface area contributed by atoms with Gasteiger partial charge in [-0.25, -0.2) is 12.1 Å². The first kappa shape index (κ1) is 39.9. The van der Waals surface area contributed by atoms with Gasteiger partial charge in [0.05, 0.1) is 0 Å². The molecule has 0 saturated heterocycles. The average molecular weight is 926 g/mol. The fourth-order valence-corrected chi connectivity index (χ4v) is 27.8. The molecule has 0 saturated carbocycles. The Bertz CT molecular complexity index is 2260. The van der Waals surface area contributed by atoms with Gasteiger partial charge in [0.25, 0.3) is 0 Å². The zero-order chi connectivity index (χ0) is 38.3. The van der Waals surface area contributed by atoms with E-state index in [2.05, 4.69) is 181 Å². The van der Waals surface area contributed by atoms with Crippen LogP contribution in [0.25, 0.3) is 43.8 Å². The summed E-state index contributed by atoms with van der Waals surface area (Å²) in [7, 11) is 12.7. The van der Waals surface area contributed by atoms with Gasteiger partial charge < -0.3 is 0 Å². The van der Waals surface area contributed by atoms with Crippen molar-refractivity contribution in [3.63, 3.8) is 0 Å². The topological polar surface area (TPSA) is 0 Å². The molecule has 0 unspecified atom stereocenters. The van der Waals surface area contributed by atoms with E-state index >= 15 is 0 Å². The maximum atomic E-state index is 6.34. The first-order chi connectivity index (χ1) is 25.9. The fourth-order valence-electron chi connectivity index (χ4n) is 6.98. The van der Waals surface area contributed by atoms with Gasteiger partial charge in [-0.15, -0.1) is 39.7 Å². The monoisotopic (exact) mass is 926 g/mol. The number of fused-ring (bicyclic) bond motifs is 3. The van der Waals surface area contributed by atoms with Crippen LogP contribution in [0.3, 0.4) is 0 Å². The molecule has 0 amide bonds. The third-order valence-corrected chi connectivity index (χ3v) is 31.4. The van der Waals surface area contributed by atoms with E-state index in [1.165, 1.54) is 65.3 Å². The Hall–Kier alpha value is -3.79. The van der Waals surface area contributed by atoms with Gasteiger partial charge >= 0.3 is 111 Å². The Morgan fingerprint density at radius 1 is 0.463 bits per heavy atom. The minimum atomic E-state index is -2.41. The normalized spacial score (nSPS) is 11.3. The van der Waals surface area contributed by atoms with Gasteiger partial charge in [-0.3, -0.25) is 0 Å². The van der Waals surface area contributed by atoms with E-state index in [1.54, 1.807) is 0 Å². The number of benzene rings is 6. The van der Waals surface area contributed by atoms with Crippen LogP contribution in [0, 0.1) is 0 Å². The Morgan fingerprint density at radius 3 is 1.11 bits per heavy atom. The van der Waals surface area contributed by atoms with Crippen LogP contribution in [-0.2, 0) is 28.5 Å². The van der Waals surface area contributed by atoms with Crippen molar-refractivity contribution < 1.29 is 17.7 Å². The molecule has 4 heteroatoms. The van der Waals surface area contributed by atoms with E-state index in [0.29, 0.717) is 0 Å². The molecule has 272 valence electrons. The Kier molecular flexibility index (Phi) is 13.1. The predicted octanol–water partition coefficient (Wildman–Crippen LogP) is 13.8. The molecule has 0 nitrogen and oxygen atoms in total. The van der Waals surface area contributed by atoms with Gasteiger partial charge in [0, 0.05) is 0 Å². The number of halogens is 2. The molecule has 0 fully saturated rings. The largest absolute Gasteiger partial charge is 0.214 e. The molecule has 0 aliphatic rings. The molecular formula is C50H48Cl2HfSi-2. The molecule has 0 aliphatic heterocycles. The van der Waals surface area contributed by atoms with E-state index in [0.717, 1.165) is 0 Å². The van der Waals surface area contributed by atoms with Crippen molar-refractivity contribution in [1.29, 1.82) is 0 Å². The molecule has 0 aromatic heterocycles. The van der Waals surface area contributed by atoms with Crippen LogP contribution >= 0.6 is 17.2 Å². The smallest absolute Gasteiger partial charge is 0.172 e. The van der Waals surface area contributed by atoms with Crippen LogP contribution in [0.4, 0.5) is 0 Å². The molecule has 0 atom stereocenters. The summed E-state index contributed by atoms with van der Waals surface area (Å²) >= 11 is -2.41. The molecule has 8 aromatic carbocycles. The van der Waals surface area contributed by atoms with Crippen molar-refractivity contribution in [2.75, 3.05) is 0 Å². The quantitative estimate of drug-likeness (QED) is 0.122. The maximum absolute atomic E-state index is 6.34. The van der Waals surface area contributed by atoms with Crippen molar-refractivity contribution in [1.82, 2.24) is 0 Å². The first-order valence-electron chi connectivity index (χ1n) is 18.6. The second-order valence-electron chi connectivity index (χ2n) is 15.7. The zero-order valence-corrected chi connectivity index (χ0v) is 38.2. The summed E-state index contributed by atoms with van der Waals surface area (Å²) in [5, 5.41) is 8.04. The number of hydrogen-bond acceptors (Lipinski definition) is 0. The molecule has 0 aliphatic carbocycles. The Morgan fingerprint density at radius 2 is 0.815 bits per heavy atom. The zero-order valence-electron chi connectivity index (χ0n) is 32.1. The molecule has 0 spiro atoms. The van der Waals surface area contributed by atoms with E-state index in [4.69, 9.17) is 17.2 Å². The van der Waals surface area contributed by atoms with Crippen molar-refractivity contribution in [2.24, 2.45) is 0 Å². The minimum absolute atomic E-state index is 0.0554. The van der Waals surface area contributed by atoms with Crippen LogP contribution < -0.4 is 10.4 Å². The molecule has 54 heavy (non-hydrogen) atoms. The average Bonchev–Trinajstić information content (AvgIpc) is 3.87. The van der Waals surface area contributed by atoms with Crippen LogP contribution in [-0.4, -0.2) is 5.49 Å². The van der Waals surface area contributed by atoms with Gasteiger partial charge in [0.1, 0.15) is 0 Å². The SMILES string of the molecule is CC(C)(C)c1cc2c(cc1-c1ccccc1)[cH-]c1cc(-c3ccccc3)c(C(C)(C)C)cc12.[Cl][Hf]([Cl])=[Si](c1ccccc1)c1ccccc1.c1cc[cH-]c1. The number of rotatable bonds is 4. The second-order valence-corrected chi connectivity index (χ2v) is 41.9. The Balaban J connectivity index is 0.000000195. The Labute approximate surface area is 337 Å². The summed E-state index contributed by atoms with van der Waals surface area (Å²) in [5.74, 6) is 0.